The number of aromatic amines is 1. The van der Waals surface area contributed by atoms with Gasteiger partial charge in [-0.05, 0) is 44.3 Å². The Morgan fingerprint density at radius 1 is 1.33 bits per heavy atom. The van der Waals surface area contributed by atoms with Gasteiger partial charge >= 0.3 is 0 Å². The first-order chi connectivity index (χ1) is 8.92. The van der Waals surface area contributed by atoms with Gasteiger partial charge in [0.15, 0.2) is 0 Å². The Kier molecular flexibility index (Phi) is 3.32. The van der Waals surface area contributed by atoms with E-state index in [4.69, 9.17) is 0 Å². The van der Waals surface area contributed by atoms with Crippen LogP contribution in [0.3, 0.4) is 0 Å². The average molecular weight is 243 g/mol. The molecule has 2 aromatic heterocycles. The minimum atomic E-state index is 0.685. The van der Waals surface area contributed by atoms with Crippen LogP contribution in [0.25, 0.3) is 11.4 Å². The van der Waals surface area contributed by atoms with Gasteiger partial charge in [-0.3, -0.25) is 10.1 Å². The fraction of sp³-hybridized carbons (Fsp3) is 0.462. The van der Waals surface area contributed by atoms with E-state index < -0.39 is 0 Å². The fourth-order valence-corrected chi connectivity index (χ4v) is 2.43. The van der Waals surface area contributed by atoms with Crippen molar-refractivity contribution < 1.29 is 0 Å². The molecule has 2 aromatic rings. The maximum Gasteiger partial charge on any atom is 0.107 e. The molecule has 0 amide bonds. The molecule has 5 nitrogen and oxygen atoms in total. The molecule has 0 saturated carbocycles. The minimum absolute atomic E-state index is 0.685. The second-order valence-electron chi connectivity index (χ2n) is 4.78. The van der Waals surface area contributed by atoms with Gasteiger partial charge < -0.3 is 5.32 Å². The standard InChI is InChI=1S/C13H17N5/c1-2-10(7-14-4-1)6-11-8-15-9-13(17-11)12-3-5-16-18-12/h3,5,8-10,14H,1-2,4,6-7H2,(H,16,18)/t10-/m1/s1. The van der Waals surface area contributed by atoms with E-state index in [-0.39, 0.29) is 0 Å². The van der Waals surface area contributed by atoms with E-state index in [1.54, 1.807) is 12.4 Å². The quantitative estimate of drug-likeness (QED) is 0.855. The smallest absolute Gasteiger partial charge is 0.107 e. The SMILES string of the molecule is c1cc(-c2cncc(C[C@H]3CCCNC3)n2)[nH]n1. The van der Waals surface area contributed by atoms with Crippen LogP contribution in [0.15, 0.2) is 24.7 Å². The van der Waals surface area contributed by atoms with Crippen LogP contribution in [0.1, 0.15) is 18.5 Å². The molecule has 0 aromatic carbocycles. The third kappa shape index (κ3) is 2.56. The Morgan fingerprint density at radius 3 is 3.11 bits per heavy atom. The average Bonchev–Trinajstić information content (AvgIpc) is 2.94. The van der Waals surface area contributed by atoms with Crippen molar-refractivity contribution in [2.45, 2.75) is 19.3 Å². The van der Waals surface area contributed by atoms with Crippen LogP contribution in [0.4, 0.5) is 0 Å². The Labute approximate surface area is 106 Å². The van der Waals surface area contributed by atoms with Gasteiger partial charge in [0.2, 0.25) is 0 Å². The van der Waals surface area contributed by atoms with Gasteiger partial charge in [0.05, 0.1) is 17.6 Å². The first-order valence-corrected chi connectivity index (χ1v) is 6.43. The molecule has 5 heteroatoms. The Bertz CT molecular complexity index is 488. The van der Waals surface area contributed by atoms with Crippen molar-refractivity contribution in [1.29, 1.82) is 0 Å². The summed E-state index contributed by atoms with van der Waals surface area (Å²) >= 11 is 0. The maximum atomic E-state index is 4.65. The van der Waals surface area contributed by atoms with E-state index in [2.05, 4.69) is 25.5 Å². The molecular formula is C13H17N5. The van der Waals surface area contributed by atoms with Gasteiger partial charge in [-0.15, -0.1) is 0 Å². The molecule has 3 rings (SSSR count). The number of nitrogens with zero attached hydrogens (tertiary/aromatic N) is 3. The molecule has 2 N–H and O–H groups in total. The zero-order valence-electron chi connectivity index (χ0n) is 10.3. The fourth-order valence-electron chi connectivity index (χ4n) is 2.43. The molecule has 1 saturated heterocycles. The lowest BCUT2D eigenvalue weighted by atomic mass is 9.95. The largest absolute Gasteiger partial charge is 0.316 e. The summed E-state index contributed by atoms with van der Waals surface area (Å²) < 4.78 is 0. The second-order valence-corrected chi connectivity index (χ2v) is 4.78. The molecule has 18 heavy (non-hydrogen) atoms. The minimum Gasteiger partial charge on any atom is -0.316 e. The zero-order chi connectivity index (χ0) is 12.2. The first kappa shape index (κ1) is 11.3. The lowest BCUT2D eigenvalue weighted by molar-refractivity contribution is 0.373. The van der Waals surface area contributed by atoms with Crippen LogP contribution in [-0.2, 0) is 6.42 Å². The number of hydrogen-bond donors (Lipinski definition) is 2. The summed E-state index contributed by atoms with van der Waals surface area (Å²) in [6, 6.07) is 1.91. The molecule has 1 aliphatic heterocycles. The molecule has 1 fully saturated rings. The predicted octanol–water partition coefficient (Wildman–Crippen LogP) is 1.41. The summed E-state index contributed by atoms with van der Waals surface area (Å²) in [5.41, 5.74) is 2.86. The summed E-state index contributed by atoms with van der Waals surface area (Å²) in [5, 5.41) is 10.3. The van der Waals surface area contributed by atoms with Crippen LogP contribution >= 0.6 is 0 Å². The first-order valence-electron chi connectivity index (χ1n) is 6.43. The van der Waals surface area contributed by atoms with Crippen molar-refractivity contribution in [1.82, 2.24) is 25.5 Å². The summed E-state index contributed by atoms with van der Waals surface area (Å²) in [6.45, 7) is 2.24. The van der Waals surface area contributed by atoms with E-state index >= 15 is 0 Å². The van der Waals surface area contributed by atoms with E-state index in [1.165, 1.54) is 12.8 Å². The van der Waals surface area contributed by atoms with Gasteiger partial charge in [0, 0.05) is 12.4 Å². The number of nitrogens with one attached hydrogen (secondary N) is 2. The number of piperidine rings is 1. The Hall–Kier alpha value is -1.75. The van der Waals surface area contributed by atoms with Gasteiger partial charge in [0.1, 0.15) is 5.69 Å². The van der Waals surface area contributed by atoms with Crippen molar-refractivity contribution >= 4 is 0 Å². The van der Waals surface area contributed by atoms with Gasteiger partial charge in [-0.2, -0.15) is 5.10 Å². The van der Waals surface area contributed by atoms with Crippen LogP contribution in [-0.4, -0.2) is 33.3 Å². The number of rotatable bonds is 3. The van der Waals surface area contributed by atoms with Crippen LogP contribution < -0.4 is 5.32 Å². The summed E-state index contributed by atoms with van der Waals surface area (Å²) in [5.74, 6) is 0.685. The van der Waals surface area contributed by atoms with E-state index in [9.17, 15) is 0 Å². The monoisotopic (exact) mass is 243 g/mol. The molecule has 94 valence electrons. The zero-order valence-corrected chi connectivity index (χ0v) is 10.3. The molecule has 0 bridgehead atoms. The number of H-pyrrole nitrogens is 1. The highest BCUT2D eigenvalue weighted by atomic mass is 15.1. The van der Waals surface area contributed by atoms with E-state index in [0.717, 1.165) is 36.6 Å². The highest BCUT2D eigenvalue weighted by Gasteiger charge is 2.14. The van der Waals surface area contributed by atoms with E-state index in [0.29, 0.717) is 5.92 Å². The molecule has 0 spiro atoms. The maximum absolute atomic E-state index is 4.65. The van der Waals surface area contributed by atoms with Gasteiger partial charge in [-0.25, -0.2) is 4.98 Å². The van der Waals surface area contributed by atoms with Crippen molar-refractivity contribution in [2.24, 2.45) is 5.92 Å². The molecule has 0 unspecified atom stereocenters. The summed E-state index contributed by atoms with van der Waals surface area (Å²) in [4.78, 5) is 8.92. The molecule has 3 heterocycles. The molecule has 0 aliphatic carbocycles. The van der Waals surface area contributed by atoms with Crippen molar-refractivity contribution in [3.63, 3.8) is 0 Å². The van der Waals surface area contributed by atoms with Crippen LogP contribution in [0, 0.1) is 5.92 Å². The number of hydrogen-bond acceptors (Lipinski definition) is 4. The Balaban J connectivity index is 1.74. The lowest BCUT2D eigenvalue weighted by Crippen LogP contribution is -2.31. The van der Waals surface area contributed by atoms with Gasteiger partial charge in [0.25, 0.3) is 0 Å². The molecule has 0 radical (unpaired) electrons. The highest BCUT2D eigenvalue weighted by Crippen LogP contribution is 2.17. The van der Waals surface area contributed by atoms with Gasteiger partial charge in [-0.1, -0.05) is 0 Å². The lowest BCUT2D eigenvalue weighted by Gasteiger charge is -2.22. The van der Waals surface area contributed by atoms with Crippen LogP contribution in [0.2, 0.25) is 0 Å². The normalized spacial score (nSPS) is 19.9. The third-order valence-corrected chi connectivity index (χ3v) is 3.36. The third-order valence-electron chi connectivity index (χ3n) is 3.36. The molecular weight excluding hydrogens is 226 g/mol. The molecule has 1 aliphatic rings. The number of aromatic nitrogens is 4. The topological polar surface area (TPSA) is 66.5 Å². The highest BCUT2D eigenvalue weighted by molar-refractivity contribution is 5.51. The van der Waals surface area contributed by atoms with Crippen LogP contribution in [0.5, 0.6) is 0 Å². The Morgan fingerprint density at radius 2 is 2.33 bits per heavy atom. The predicted molar refractivity (Wildman–Crippen MR) is 68.9 cm³/mol. The van der Waals surface area contributed by atoms with Crippen molar-refractivity contribution in [2.75, 3.05) is 13.1 Å². The van der Waals surface area contributed by atoms with Crippen molar-refractivity contribution in [3.8, 4) is 11.4 Å². The summed E-state index contributed by atoms with van der Waals surface area (Å²) in [7, 11) is 0. The summed E-state index contributed by atoms with van der Waals surface area (Å²) in [6.07, 6.45) is 8.92. The second kappa shape index (κ2) is 5.27. The van der Waals surface area contributed by atoms with E-state index in [1.807, 2.05) is 12.3 Å². The van der Waals surface area contributed by atoms with Crippen molar-refractivity contribution in [3.05, 3.63) is 30.4 Å². The molecule has 1 atom stereocenters.